The molecule has 3 rings (SSSR count). The van der Waals surface area contributed by atoms with Crippen LogP contribution in [0.4, 0.5) is 5.69 Å². The largest absolute Gasteiger partial charge is 0.493 e. The molecule has 9 nitrogen and oxygen atoms in total. The van der Waals surface area contributed by atoms with Gasteiger partial charge in [0.15, 0.2) is 17.5 Å². The van der Waals surface area contributed by atoms with Crippen LogP contribution in [0.1, 0.15) is 18.1 Å². The number of aliphatic imine (C=N–C) groups is 1. The van der Waals surface area contributed by atoms with E-state index in [9.17, 15) is 10.1 Å². The van der Waals surface area contributed by atoms with Gasteiger partial charge in [-0.1, -0.05) is 18.2 Å². The summed E-state index contributed by atoms with van der Waals surface area (Å²) < 4.78 is 10.7. The number of ether oxygens (including phenoxy) is 2. The van der Waals surface area contributed by atoms with E-state index in [4.69, 9.17) is 14.5 Å². The monoisotopic (exact) mass is 569 g/mol. The first-order valence-corrected chi connectivity index (χ1v) is 10.7. The SMILES string of the molecule is CCNC(=NCc1ccc([N+](=O)[O-])cc1)N1CCN(Cc2ccc(OC)c(OC)c2)CC1.I. The van der Waals surface area contributed by atoms with Gasteiger partial charge in [-0.25, -0.2) is 4.99 Å². The molecule has 0 spiro atoms. The maximum absolute atomic E-state index is 10.8. The van der Waals surface area contributed by atoms with E-state index < -0.39 is 4.92 Å². The Hall–Kier alpha value is -2.60. The van der Waals surface area contributed by atoms with Crippen LogP contribution < -0.4 is 14.8 Å². The average molecular weight is 569 g/mol. The molecule has 180 valence electrons. The van der Waals surface area contributed by atoms with Gasteiger partial charge < -0.3 is 19.7 Å². The van der Waals surface area contributed by atoms with Gasteiger partial charge in [0.25, 0.3) is 5.69 Å². The van der Waals surface area contributed by atoms with Crippen molar-refractivity contribution in [2.45, 2.75) is 20.0 Å². The standard InChI is InChI=1S/C23H31N5O4.HI/c1-4-24-23(25-16-18-5-8-20(9-6-18)28(29)30)27-13-11-26(12-14-27)17-19-7-10-21(31-2)22(15-19)32-3;/h5-10,15H,4,11-14,16-17H2,1-3H3,(H,24,25);1H. The highest BCUT2D eigenvalue weighted by Crippen LogP contribution is 2.28. The second-order valence-corrected chi connectivity index (χ2v) is 7.55. The molecule has 2 aromatic rings. The lowest BCUT2D eigenvalue weighted by atomic mass is 10.1. The van der Waals surface area contributed by atoms with E-state index in [0.29, 0.717) is 6.54 Å². The van der Waals surface area contributed by atoms with Gasteiger partial charge in [0.1, 0.15) is 0 Å². The third-order valence-corrected chi connectivity index (χ3v) is 5.42. The predicted octanol–water partition coefficient (Wildman–Crippen LogP) is 3.51. The number of hydrogen-bond acceptors (Lipinski definition) is 6. The van der Waals surface area contributed by atoms with Crippen LogP contribution in [0.25, 0.3) is 0 Å². The van der Waals surface area contributed by atoms with Crippen molar-refractivity contribution < 1.29 is 14.4 Å². The molecular weight excluding hydrogens is 537 g/mol. The Kier molecular flexibility index (Phi) is 10.7. The lowest BCUT2D eigenvalue weighted by molar-refractivity contribution is -0.384. The fourth-order valence-electron chi connectivity index (χ4n) is 3.67. The highest BCUT2D eigenvalue weighted by atomic mass is 127. The molecule has 1 aliphatic rings. The van der Waals surface area contributed by atoms with Crippen LogP contribution in [-0.2, 0) is 13.1 Å². The quantitative estimate of drug-likeness (QED) is 0.171. The van der Waals surface area contributed by atoms with Crippen molar-refractivity contribution in [2.24, 2.45) is 4.99 Å². The van der Waals surface area contributed by atoms with Crippen LogP contribution in [0.5, 0.6) is 11.5 Å². The average Bonchev–Trinajstić information content (AvgIpc) is 2.82. The number of guanidine groups is 1. The second kappa shape index (κ2) is 13.2. The maximum atomic E-state index is 10.8. The number of nitrogens with zero attached hydrogens (tertiary/aromatic N) is 4. The molecule has 0 bridgehead atoms. The van der Waals surface area contributed by atoms with Gasteiger partial charge in [0.05, 0.1) is 25.7 Å². The van der Waals surface area contributed by atoms with Gasteiger partial charge >= 0.3 is 0 Å². The summed E-state index contributed by atoms with van der Waals surface area (Å²) in [6.45, 7) is 7.77. The minimum atomic E-state index is -0.390. The first-order valence-electron chi connectivity index (χ1n) is 10.7. The molecular formula is C23H32IN5O4. The number of hydrogen-bond donors (Lipinski definition) is 1. The van der Waals surface area contributed by atoms with Crippen molar-refractivity contribution in [3.63, 3.8) is 0 Å². The molecule has 33 heavy (non-hydrogen) atoms. The summed E-state index contributed by atoms with van der Waals surface area (Å²) in [6, 6.07) is 12.6. The minimum Gasteiger partial charge on any atom is -0.493 e. The molecule has 2 aromatic carbocycles. The smallest absolute Gasteiger partial charge is 0.269 e. The van der Waals surface area contributed by atoms with E-state index in [1.54, 1.807) is 26.4 Å². The summed E-state index contributed by atoms with van der Waals surface area (Å²) in [5, 5.41) is 14.2. The summed E-state index contributed by atoms with van der Waals surface area (Å²) in [7, 11) is 3.29. The second-order valence-electron chi connectivity index (χ2n) is 7.55. The van der Waals surface area contributed by atoms with Crippen molar-refractivity contribution in [2.75, 3.05) is 46.9 Å². The molecule has 0 aromatic heterocycles. The highest BCUT2D eigenvalue weighted by molar-refractivity contribution is 14.0. The molecule has 0 radical (unpaired) electrons. The molecule has 1 heterocycles. The van der Waals surface area contributed by atoms with Gasteiger partial charge in [-0.15, -0.1) is 24.0 Å². The molecule has 10 heteroatoms. The van der Waals surface area contributed by atoms with E-state index >= 15 is 0 Å². The van der Waals surface area contributed by atoms with E-state index in [1.807, 2.05) is 12.1 Å². The number of nitrogens with one attached hydrogen (secondary N) is 1. The van der Waals surface area contributed by atoms with Crippen molar-refractivity contribution in [3.8, 4) is 11.5 Å². The van der Waals surface area contributed by atoms with Crippen LogP contribution in [0, 0.1) is 10.1 Å². The Morgan fingerprint density at radius 1 is 1.03 bits per heavy atom. The zero-order valence-electron chi connectivity index (χ0n) is 19.3. The summed E-state index contributed by atoms with van der Waals surface area (Å²) in [4.78, 5) is 19.9. The fourth-order valence-corrected chi connectivity index (χ4v) is 3.67. The number of rotatable bonds is 8. The van der Waals surface area contributed by atoms with Gasteiger partial charge in [-0.05, 0) is 30.2 Å². The third-order valence-electron chi connectivity index (χ3n) is 5.42. The van der Waals surface area contributed by atoms with Gasteiger partial charge in [0, 0.05) is 51.4 Å². The highest BCUT2D eigenvalue weighted by Gasteiger charge is 2.20. The Bertz CT molecular complexity index is 931. The lowest BCUT2D eigenvalue weighted by Gasteiger charge is -2.36. The first kappa shape index (κ1) is 26.7. The van der Waals surface area contributed by atoms with Gasteiger partial charge in [0.2, 0.25) is 0 Å². The van der Waals surface area contributed by atoms with E-state index in [-0.39, 0.29) is 29.7 Å². The Labute approximate surface area is 211 Å². The maximum Gasteiger partial charge on any atom is 0.269 e. The number of nitro groups is 1. The summed E-state index contributed by atoms with van der Waals surface area (Å²) in [5.74, 6) is 2.36. The number of piperazine rings is 1. The van der Waals surface area contributed by atoms with E-state index in [2.05, 4.69) is 28.1 Å². The summed E-state index contributed by atoms with van der Waals surface area (Å²) in [6.07, 6.45) is 0. The van der Waals surface area contributed by atoms with Crippen LogP contribution in [0.2, 0.25) is 0 Å². The van der Waals surface area contributed by atoms with Crippen molar-refractivity contribution in [3.05, 3.63) is 63.7 Å². The topological polar surface area (TPSA) is 92.5 Å². The number of non-ortho nitro benzene ring substituents is 1. The number of methoxy groups -OCH3 is 2. The molecule has 0 saturated carbocycles. The fraction of sp³-hybridized carbons (Fsp3) is 0.435. The number of benzene rings is 2. The molecule has 0 amide bonds. The molecule has 0 atom stereocenters. The van der Waals surface area contributed by atoms with Crippen molar-refractivity contribution in [1.82, 2.24) is 15.1 Å². The minimum absolute atomic E-state index is 0. The van der Waals surface area contributed by atoms with Crippen molar-refractivity contribution in [1.29, 1.82) is 0 Å². The molecule has 0 aliphatic carbocycles. The van der Waals surface area contributed by atoms with Gasteiger partial charge in [-0.3, -0.25) is 15.0 Å². The van der Waals surface area contributed by atoms with Crippen molar-refractivity contribution >= 4 is 35.6 Å². The summed E-state index contributed by atoms with van der Waals surface area (Å²) in [5.41, 5.74) is 2.23. The van der Waals surface area contributed by atoms with Crippen LogP contribution in [0.15, 0.2) is 47.5 Å². The lowest BCUT2D eigenvalue weighted by Crippen LogP contribution is -2.52. The predicted molar refractivity (Wildman–Crippen MR) is 140 cm³/mol. The Morgan fingerprint density at radius 2 is 1.67 bits per heavy atom. The molecule has 0 unspecified atom stereocenters. The Balaban J connectivity index is 0.00000385. The van der Waals surface area contributed by atoms with Crippen LogP contribution >= 0.6 is 24.0 Å². The first-order chi connectivity index (χ1) is 15.5. The summed E-state index contributed by atoms with van der Waals surface area (Å²) >= 11 is 0. The molecule has 1 N–H and O–H groups in total. The number of halogens is 1. The van der Waals surface area contributed by atoms with E-state index in [1.165, 1.54) is 17.7 Å². The zero-order valence-corrected chi connectivity index (χ0v) is 21.7. The zero-order chi connectivity index (χ0) is 22.9. The van der Waals surface area contributed by atoms with Gasteiger partial charge in [-0.2, -0.15) is 0 Å². The van der Waals surface area contributed by atoms with E-state index in [0.717, 1.165) is 62.3 Å². The van der Waals surface area contributed by atoms with Crippen LogP contribution in [-0.4, -0.2) is 67.6 Å². The molecule has 1 saturated heterocycles. The molecule has 1 aliphatic heterocycles. The Morgan fingerprint density at radius 3 is 2.24 bits per heavy atom. The number of nitro benzene ring substituents is 1. The molecule has 1 fully saturated rings. The normalized spacial score (nSPS) is 14.4. The van der Waals surface area contributed by atoms with Crippen LogP contribution in [0.3, 0.4) is 0 Å². The third kappa shape index (κ3) is 7.46.